The summed E-state index contributed by atoms with van der Waals surface area (Å²) in [6.45, 7) is 4.48. The second-order valence-electron chi connectivity index (χ2n) is 5.09. The van der Waals surface area contributed by atoms with E-state index in [0.717, 1.165) is 16.6 Å². The predicted octanol–water partition coefficient (Wildman–Crippen LogP) is 2.15. The number of hydrogen-bond donors (Lipinski definition) is 2. The number of imidazole rings is 1. The van der Waals surface area contributed by atoms with Crippen LogP contribution >= 0.6 is 12.4 Å². The summed E-state index contributed by atoms with van der Waals surface area (Å²) < 4.78 is 5.36. The fourth-order valence-corrected chi connectivity index (χ4v) is 2.39. The molecule has 0 saturated carbocycles. The van der Waals surface area contributed by atoms with Gasteiger partial charge in [0.1, 0.15) is 0 Å². The summed E-state index contributed by atoms with van der Waals surface area (Å²) in [5.74, 6) is -0.0743. The van der Waals surface area contributed by atoms with Gasteiger partial charge in [-0.15, -0.1) is 12.4 Å². The van der Waals surface area contributed by atoms with Crippen molar-refractivity contribution in [3.8, 4) is 6.01 Å². The van der Waals surface area contributed by atoms with Crippen molar-refractivity contribution in [1.29, 1.82) is 0 Å². The molecule has 2 heterocycles. The molecule has 1 aromatic heterocycles. The number of H-pyrrole nitrogens is 1. The number of aromatic nitrogens is 2. The van der Waals surface area contributed by atoms with Crippen LogP contribution in [0, 0.1) is 0 Å². The molecule has 3 rings (SSSR count). The lowest BCUT2D eigenvalue weighted by Crippen LogP contribution is -2.37. The second kappa shape index (κ2) is 5.73. The number of ether oxygens (including phenoxy) is 1. The Kier molecular flexibility index (Phi) is 4.18. The predicted molar refractivity (Wildman–Crippen MR) is 83.1 cm³/mol. The van der Waals surface area contributed by atoms with Gasteiger partial charge in [-0.25, -0.2) is 5.43 Å². The van der Waals surface area contributed by atoms with E-state index in [2.05, 4.69) is 20.5 Å². The molecule has 1 aliphatic heterocycles. The highest BCUT2D eigenvalue weighted by molar-refractivity contribution is 5.90. The maximum Gasteiger partial charge on any atom is 0.294 e. The molecular formula is C14H17ClN4O2. The molecule has 2 N–H and O–H groups in total. The van der Waals surface area contributed by atoms with Crippen molar-refractivity contribution in [3.05, 3.63) is 23.8 Å². The zero-order valence-corrected chi connectivity index (χ0v) is 12.7. The van der Waals surface area contributed by atoms with E-state index >= 15 is 0 Å². The zero-order valence-electron chi connectivity index (χ0n) is 11.8. The normalized spacial score (nSPS) is 21.0. The number of benzene rings is 1. The monoisotopic (exact) mass is 308 g/mol. The third-order valence-corrected chi connectivity index (χ3v) is 3.47. The number of nitrogens with one attached hydrogen (secondary N) is 2. The number of aromatic amines is 1. The highest BCUT2D eigenvalue weighted by Crippen LogP contribution is 2.30. The molecule has 1 unspecified atom stereocenters. The molecule has 6 nitrogen and oxygen atoms in total. The van der Waals surface area contributed by atoms with Gasteiger partial charge in [-0.05, 0) is 31.5 Å². The van der Waals surface area contributed by atoms with Gasteiger partial charge in [-0.3, -0.25) is 4.79 Å². The van der Waals surface area contributed by atoms with E-state index in [0.29, 0.717) is 19.0 Å². The van der Waals surface area contributed by atoms with Crippen molar-refractivity contribution >= 4 is 35.6 Å². The van der Waals surface area contributed by atoms with Crippen molar-refractivity contribution in [2.75, 3.05) is 6.61 Å². The molecule has 0 fully saturated rings. The quantitative estimate of drug-likeness (QED) is 0.911. The van der Waals surface area contributed by atoms with Crippen LogP contribution in [0.2, 0.25) is 0 Å². The average molecular weight is 309 g/mol. The molecule has 1 amide bonds. The van der Waals surface area contributed by atoms with E-state index in [-0.39, 0.29) is 18.3 Å². The van der Waals surface area contributed by atoms with Crippen LogP contribution < -0.4 is 10.2 Å². The minimum absolute atomic E-state index is 0. The topological polar surface area (TPSA) is 79.4 Å². The van der Waals surface area contributed by atoms with Gasteiger partial charge in [0.25, 0.3) is 6.01 Å². The van der Waals surface area contributed by atoms with Gasteiger partial charge in [0.15, 0.2) is 0 Å². The molecule has 7 heteroatoms. The number of nitrogens with zero attached hydrogens (tertiary/aromatic N) is 2. The number of carbonyl (C=O) groups is 1. The van der Waals surface area contributed by atoms with Gasteiger partial charge < -0.3 is 9.72 Å². The number of carbonyl (C=O) groups excluding carboxylic acids is 1. The molecule has 1 atom stereocenters. The zero-order chi connectivity index (χ0) is 14.2. The Balaban J connectivity index is 0.00000161. The van der Waals surface area contributed by atoms with E-state index in [4.69, 9.17) is 4.74 Å². The molecule has 2 aromatic rings. The Labute approximate surface area is 128 Å². The molecule has 112 valence electrons. The first-order valence-corrected chi connectivity index (χ1v) is 6.57. The fourth-order valence-electron chi connectivity index (χ4n) is 2.39. The Morgan fingerprint density at radius 3 is 2.95 bits per heavy atom. The Morgan fingerprint density at radius 1 is 1.43 bits per heavy atom. The third kappa shape index (κ3) is 2.85. The minimum Gasteiger partial charge on any atom is -0.465 e. The van der Waals surface area contributed by atoms with Gasteiger partial charge in [0.05, 0.1) is 17.6 Å². The van der Waals surface area contributed by atoms with Crippen LogP contribution in [0.1, 0.15) is 25.8 Å². The van der Waals surface area contributed by atoms with Gasteiger partial charge >= 0.3 is 0 Å². The number of rotatable bonds is 3. The molecule has 0 aliphatic carbocycles. The maximum atomic E-state index is 11.5. The van der Waals surface area contributed by atoms with Crippen molar-refractivity contribution in [1.82, 2.24) is 15.4 Å². The summed E-state index contributed by atoms with van der Waals surface area (Å²) in [5.41, 5.74) is 4.82. The standard InChI is InChI=1S/C14H16N4O2.ClH/c1-3-20-13-16-10-5-4-9(6-11(10)17-13)14(2)7-12(19)18-15-8-14;/h4-6,8H,3,7H2,1-2H3,(H,16,17)(H,18,19);1H. The molecule has 1 aromatic carbocycles. The van der Waals surface area contributed by atoms with Gasteiger partial charge in [0, 0.05) is 18.1 Å². The van der Waals surface area contributed by atoms with Crippen LogP contribution in [-0.4, -0.2) is 28.7 Å². The number of amides is 1. The summed E-state index contributed by atoms with van der Waals surface area (Å²) >= 11 is 0. The van der Waals surface area contributed by atoms with Crippen LogP contribution in [-0.2, 0) is 10.2 Å². The Morgan fingerprint density at radius 2 is 2.24 bits per heavy atom. The molecular weight excluding hydrogens is 292 g/mol. The largest absolute Gasteiger partial charge is 0.465 e. The van der Waals surface area contributed by atoms with E-state index < -0.39 is 5.41 Å². The molecule has 0 bridgehead atoms. The van der Waals surface area contributed by atoms with E-state index in [1.54, 1.807) is 6.21 Å². The van der Waals surface area contributed by atoms with Crippen molar-refractivity contribution in [2.24, 2.45) is 5.10 Å². The van der Waals surface area contributed by atoms with Crippen LogP contribution in [0.25, 0.3) is 11.0 Å². The summed E-state index contributed by atoms with van der Waals surface area (Å²) in [4.78, 5) is 19.0. The van der Waals surface area contributed by atoms with Crippen molar-refractivity contribution in [3.63, 3.8) is 0 Å². The molecule has 0 saturated heterocycles. The Bertz CT molecular complexity index is 697. The van der Waals surface area contributed by atoms with Crippen LogP contribution in [0.3, 0.4) is 0 Å². The number of hydrazone groups is 1. The van der Waals surface area contributed by atoms with Crippen LogP contribution in [0.15, 0.2) is 23.3 Å². The summed E-state index contributed by atoms with van der Waals surface area (Å²) in [6.07, 6.45) is 2.16. The highest BCUT2D eigenvalue weighted by atomic mass is 35.5. The lowest BCUT2D eigenvalue weighted by atomic mass is 9.79. The van der Waals surface area contributed by atoms with Crippen molar-refractivity contribution < 1.29 is 9.53 Å². The molecule has 1 aliphatic rings. The van der Waals surface area contributed by atoms with Gasteiger partial charge in [0.2, 0.25) is 5.91 Å². The first kappa shape index (κ1) is 15.3. The number of fused-ring (bicyclic) bond motifs is 1. The SMILES string of the molecule is CCOc1nc2ccc(C3(C)C=NNC(=O)C3)cc2[nH]1.Cl. The highest BCUT2D eigenvalue weighted by Gasteiger charge is 2.31. The van der Waals surface area contributed by atoms with E-state index in [9.17, 15) is 4.79 Å². The van der Waals surface area contributed by atoms with Crippen LogP contribution in [0.5, 0.6) is 6.01 Å². The lowest BCUT2D eigenvalue weighted by Gasteiger charge is -2.27. The molecule has 0 spiro atoms. The maximum absolute atomic E-state index is 11.5. The number of halogens is 1. The smallest absolute Gasteiger partial charge is 0.294 e. The lowest BCUT2D eigenvalue weighted by molar-refractivity contribution is -0.122. The van der Waals surface area contributed by atoms with E-state index in [1.165, 1.54) is 0 Å². The summed E-state index contributed by atoms with van der Waals surface area (Å²) in [6, 6.07) is 6.41. The Hall–Kier alpha value is -2.08. The number of hydrogen-bond acceptors (Lipinski definition) is 4. The van der Waals surface area contributed by atoms with Crippen molar-refractivity contribution in [2.45, 2.75) is 25.7 Å². The third-order valence-electron chi connectivity index (χ3n) is 3.47. The fraction of sp³-hybridized carbons (Fsp3) is 0.357. The first-order chi connectivity index (χ1) is 9.60. The molecule has 21 heavy (non-hydrogen) atoms. The summed E-state index contributed by atoms with van der Waals surface area (Å²) in [7, 11) is 0. The minimum atomic E-state index is -0.395. The average Bonchev–Trinajstić information content (AvgIpc) is 2.80. The van der Waals surface area contributed by atoms with Gasteiger partial charge in [-0.1, -0.05) is 6.07 Å². The molecule has 0 radical (unpaired) electrons. The summed E-state index contributed by atoms with van der Waals surface area (Å²) in [5, 5.41) is 3.93. The second-order valence-corrected chi connectivity index (χ2v) is 5.09. The van der Waals surface area contributed by atoms with Gasteiger partial charge in [-0.2, -0.15) is 10.1 Å². The van der Waals surface area contributed by atoms with E-state index in [1.807, 2.05) is 32.0 Å². The van der Waals surface area contributed by atoms with Crippen LogP contribution in [0.4, 0.5) is 0 Å². The first-order valence-electron chi connectivity index (χ1n) is 6.57.